The van der Waals surface area contributed by atoms with Gasteiger partial charge in [-0.15, -0.1) is 0 Å². The maximum absolute atomic E-state index is 12.6. The van der Waals surface area contributed by atoms with E-state index in [-0.39, 0.29) is 11.9 Å². The number of carbonyl (C=O) groups is 1. The fourth-order valence-electron chi connectivity index (χ4n) is 3.41. The third-order valence-corrected chi connectivity index (χ3v) is 5.04. The maximum Gasteiger partial charge on any atom is 0.226 e. The number of hydrogen-bond acceptors (Lipinski definition) is 3. The molecule has 1 N–H and O–H groups in total. The number of benzene rings is 3. The smallest absolute Gasteiger partial charge is 0.226 e. The fraction of sp³-hybridized carbons (Fsp3) is 0.174. The number of rotatable bonds is 5. The molecule has 0 aliphatic carbocycles. The molecule has 1 aliphatic rings. The largest absolute Gasteiger partial charge is 0.489 e. The number of fused-ring (bicyclic) bond motifs is 1. The number of para-hydroxylation sites is 2. The number of amides is 1. The van der Waals surface area contributed by atoms with Crippen LogP contribution >= 0.6 is 11.6 Å². The van der Waals surface area contributed by atoms with Crippen LogP contribution in [-0.4, -0.2) is 18.6 Å². The van der Waals surface area contributed by atoms with Crippen LogP contribution in [-0.2, 0) is 11.3 Å². The van der Waals surface area contributed by atoms with Crippen LogP contribution in [0.2, 0.25) is 5.02 Å². The van der Waals surface area contributed by atoms with Crippen molar-refractivity contribution in [3.63, 3.8) is 0 Å². The van der Waals surface area contributed by atoms with Gasteiger partial charge in [0.05, 0.1) is 18.2 Å². The van der Waals surface area contributed by atoms with Crippen molar-refractivity contribution in [1.29, 1.82) is 0 Å². The average Bonchev–Trinajstić information content (AvgIpc) is 2.72. The van der Waals surface area contributed by atoms with E-state index in [0.717, 1.165) is 23.7 Å². The number of carbonyl (C=O) groups excluding carboxylic acids is 1. The average molecular weight is 393 g/mol. The van der Waals surface area contributed by atoms with Crippen molar-refractivity contribution in [1.82, 2.24) is 0 Å². The van der Waals surface area contributed by atoms with Crippen molar-refractivity contribution in [2.45, 2.75) is 19.0 Å². The first-order valence-corrected chi connectivity index (χ1v) is 9.64. The quantitative estimate of drug-likeness (QED) is 0.653. The van der Waals surface area contributed by atoms with Crippen LogP contribution in [0.15, 0.2) is 78.9 Å². The van der Waals surface area contributed by atoms with E-state index in [1.165, 1.54) is 5.56 Å². The minimum absolute atomic E-state index is 0.0478. The molecular weight excluding hydrogens is 372 g/mol. The molecule has 3 aromatic carbocycles. The summed E-state index contributed by atoms with van der Waals surface area (Å²) in [6.07, 6.45) is 0.337. The van der Waals surface area contributed by atoms with Gasteiger partial charge in [0.15, 0.2) is 0 Å². The standard InChI is InChI=1S/C23H21ClN2O2/c24-18-10-12-19(13-11-18)25-23(27)14-20-16-28-22-9-5-4-8-21(22)26(20)15-17-6-2-1-3-7-17/h1-13,20H,14-16H2,(H,25,27)/t20-/m1/s1. The molecule has 0 unspecified atom stereocenters. The van der Waals surface area contributed by atoms with Crippen LogP contribution in [0.5, 0.6) is 5.75 Å². The minimum atomic E-state index is -0.0533. The topological polar surface area (TPSA) is 41.6 Å². The molecule has 4 rings (SSSR count). The number of anilines is 2. The molecule has 0 bridgehead atoms. The van der Waals surface area contributed by atoms with Crippen molar-refractivity contribution < 1.29 is 9.53 Å². The normalized spacial score (nSPS) is 15.5. The molecule has 5 heteroatoms. The van der Waals surface area contributed by atoms with E-state index in [2.05, 4.69) is 22.3 Å². The van der Waals surface area contributed by atoms with Gasteiger partial charge in [0.25, 0.3) is 0 Å². The lowest BCUT2D eigenvalue weighted by Crippen LogP contribution is -2.44. The Balaban J connectivity index is 1.52. The molecule has 0 aromatic heterocycles. The van der Waals surface area contributed by atoms with Gasteiger partial charge in [0.2, 0.25) is 5.91 Å². The van der Waals surface area contributed by atoms with Gasteiger partial charge < -0.3 is 15.0 Å². The second kappa shape index (κ2) is 8.36. The number of hydrogen-bond donors (Lipinski definition) is 1. The molecule has 4 nitrogen and oxygen atoms in total. The summed E-state index contributed by atoms with van der Waals surface area (Å²) < 4.78 is 5.93. The van der Waals surface area contributed by atoms with E-state index < -0.39 is 0 Å². The van der Waals surface area contributed by atoms with E-state index in [1.807, 2.05) is 42.5 Å². The molecule has 28 heavy (non-hydrogen) atoms. The predicted molar refractivity (Wildman–Crippen MR) is 113 cm³/mol. The van der Waals surface area contributed by atoms with Gasteiger partial charge in [0, 0.05) is 17.3 Å². The lowest BCUT2D eigenvalue weighted by molar-refractivity contribution is -0.116. The Bertz CT molecular complexity index is 944. The number of nitrogens with zero attached hydrogens (tertiary/aromatic N) is 1. The second-order valence-corrected chi connectivity index (χ2v) is 7.24. The Hall–Kier alpha value is -2.98. The first kappa shape index (κ1) is 18.4. The number of nitrogens with one attached hydrogen (secondary N) is 1. The third kappa shape index (κ3) is 4.29. The monoisotopic (exact) mass is 392 g/mol. The highest BCUT2D eigenvalue weighted by atomic mass is 35.5. The first-order chi connectivity index (χ1) is 13.7. The Morgan fingerprint density at radius 2 is 1.71 bits per heavy atom. The minimum Gasteiger partial charge on any atom is -0.489 e. The summed E-state index contributed by atoms with van der Waals surface area (Å²) in [6.45, 7) is 1.19. The van der Waals surface area contributed by atoms with Crippen LogP contribution in [0.25, 0.3) is 0 Å². The summed E-state index contributed by atoms with van der Waals surface area (Å²) in [5.41, 5.74) is 2.95. The van der Waals surface area contributed by atoms with Gasteiger partial charge in [-0.25, -0.2) is 0 Å². The Morgan fingerprint density at radius 3 is 2.50 bits per heavy atom. The van der Waals surface area contributed by atoms with Crippen molar-refractivity contribution in [2.24, 2.45) is 0 Å². The molecule has 1 amide bonds. The molecule has 0 saturated heterocycles. The fourth-order valence-corrected chi connectivity index (χ4v) is 3.54. The van der Waals surface area contributed by atoms with E-state index in [4.69, 9.17) is 16.3 Å². The van der Waals surface area contributed by atoms with Crippen molar-refractivity contribution in [3.05, 3.63) is 89.4 Å². The molecule has 1 heterocycles. The lowest BCUT2D eigenvalue weighted by atomic mass is 10.1. The molecule has 1 aliphatic heterocycles. The highest BCUT2D eigenvalue weighted by Crippen LogP contribution is 2.35. The van der Waals surface area contributed by atoms with Gasteiger partial charge in [-0.3, -0.25) is 4.79 Å². The number of ether oxygens (including phenoxy) is 1. The highest BCUT2D eigenvalue weighted by Gasteiger charge is 2.29. The van der Waals surface area contributed by atoms with Gasteiger partial charge in [0.1, 0.15) is 12.4 Å². The molecule has 0 fully saturated rings. The molecule has 3 aromatic rings. The van der Waals surface area contributed by atoms with E-state index in [0.29, 0.717) is 18.1 Å². The SMILES string of the molecule is O=C(C[C@@H]1COc2ccccc2N1Cc1ccccc1)Nc1ccc(Cl)cc1. The summed E-state index contributed by atoms with van der Waals surface area (Å²) in [5, 5.41) is 3.59. The van der Waals surface area contributed by atoms with E-state index >= 15 is 0 Å². The Morgan fingerprint density at radius 1 is 1.00 bits per heavy atom. The first-order valence-electron chi connectivity index (χ1n) is 9.27. The summed E-state index contributed by atoms with van der Waals surface area (Å²) in [7, 11) is 0. The summed E-state index contributed by atoms with van der Waals surface area (Å²) in [5.74, 6) is 0.807. The van der Waals surface area contributed by atoms with Gasteiger partial charge in [-0.2, -0.15) is 0 Å². The second-order valence-electron chi connectivity index (χ2n) is 6.81. The molecule has 1 atom stereocenters. The number of halogens is 1. The van der Waals surface area contributed by atoms with E-state index in [9.17, 15) is 4.79 Å². The molecule has 0 saturated carbocycles. The zero-order chi connectivity index (χ0) is 19.3. The summed E-state index contributed by atoms with van der Waals surface area (Å²) in [6, 6.07) is 25.3. The highest BCUT2D eigenvalue weighted by molar-refractivity contribution is 6.30. The van der Waals surface area contributed by atoms with Gasteiger partial charge in [-0.1, -0.05) is 54.1 Å². The molecule has 0 spiro atoms. The van der Waals surface area contributed by atoms with Crippen molar-refractivity contribution >= 4 is 28.9 Å². The Labute approximate surface area is 169 Å². The van der Waals surface area contributed by atoms with E-state index in [1.54, 1.807) is 24.3 Å². The molecule has 142 valence electrons. The van der Waals surface area contributed by atoms with Crippen LogP contribution < -0.4 is 15.0 Å². The zero-order valence-electron chi connectivity index (χ0n) is 15.3. The predicted octanol–water partition coefficient (Wildman–Crippen LogP) is 5.14. The Kier molecular flexibility index (Phi) is 5.49. The molecular formula is C23H21ClN2O2. The van der Waals surface area contributed by atoms with Crippen LogP contribution in [0.4, 0.5) is 11.4 Å². The lowest BCUT2D eigenvalue weighted by Gasteiger charge is -2.38. The van der Waals surface area contributed by atoms with Gasteiger partial charge >= 0.3 is 0 Å². The van der Waals surface area contributed by atoms with Crippen LogP contribution in [0, 0.1) is 0 Å². The van der Waals surface area contributed by atoms with Crippen LogP contribution in [0.1, 0.15) is 12.0 Å². The molecule has 0 radical (unpaired) electrons. The zero-order valence-corrected chi connectivity index (χ0v) is 16.1. The van der Waals surface area contributed by atoms with Crippen molar-refractivity contribution in [2.75, 3.05) is 16.8 Å². The maximum atomic E-state index is 12.6. The van der Waals surface area contributed by atoms with Crippen LogP contribution in [0.3, 0.4) is 0 Å². The van der Waals surface area contributed by atoms with Gasteiger partial charge in [-0.05, 0) is 42.0 Å². The van der Waals surface area contributed by atoms with Crippen molar-refractivity contribution in [3.8, 4) is 5.75 Å². The summed E-state index contributed by atoms with van der Waals surface area (Å²) >= 11 is 5.91. The third-order valence-electron chi connectivity index (χ3n) is 4.79. The summed E-state index contributed by atoms with van der Waals surface area (Å²) in [4.78, 5) is 14.9.